The summed E-state index contributed by atoms with van der Waals surface area (Å²) >= 11 is 0. The molecule has 0 aromatic rings. The zero-order valence-corrected chi connectivity index (χ0v) is 4.68. The van der Waals surface area contributed by atoms with E-state index in [0.29, 0.717) is 12.1 Å². The second-order valence-electron chi connectivity index (χ2n) is 2.23. The quantitative estimate of drug-likeness (QED) is 0.440. The van der Waals surface area contributed by atoms with Crippen molar-refractivity contribution in [2.24, 2.45) is 0 Å². The second-order valence-corrected chi connectivity index (χ2v) is 2.23. The molecule has 0 aromatic heterocycles. The molecular formula is C5H11NO. The van der Waals surface area contributed by atoms with Crippen molar-refractivity contribution in [1.29, 1.82) is 0 Å². The van der Waals surface area contributed by atoms with E-state index < -0.39 is 0 Å². The average Bonchev–Trinajstić information content (AvgIpc) is 1.68. The van der Waals surface area contributed by atoms with Gasteiger partial charge in [0.2, 0.25) is 0 Å². The first-order valence-corrected chi connectivity index (χ1v) is 2.66. The summed E-state index contributed by atoms with van der Waals surface area (Å²) in [5, 5.41) is 12.0. The van der Waals surface area contributed by atoms with Gasteiger partial charge >= 0.3 is 0 Å². The van der Waals surface area contributed by atoms with E-state index in [1.807, 2.05) is 13.8 Å². The Balaban J connectivity index is 2.29. The highest BCUT2D eigenvalue weighted by Gasteiger charge is 2.31. The van der Waals surface area contributed by atoms with Gasteiger partial charge in [-0.3, -0.25) is 0 Å². The summed E-state index contributed by atoms with van der Waals surface area (Å²) in [4.78, 5) is 0. The van der Waals surface area contributed by atoms with Gasteiger partial charge in [-0.2, -0.15) is 0 Å². The van der Waals surface area contributed by atoms with Gasteiger partial charge in [0.1, 0.15) is 0 Å². The normalized spacial score (nSPS) is 51.0. The molecule has 1 fully saturated rings. The van der Waals surface area contributed by atoms with Crippen molar-refractivity contribution in [3.8, 4) is 0 Å². The maximum Gasteiger partial charge on any atom is 0.0840 e. The molecule has 1 aliphatic rings. The predicted octanol–water partition coefficient (Wildman–Crippen LogP) is -0.273. The first-order valence-electron chi connectivity index (χ1n) is 2.66. The molecule has 1 saturated heterocycles. The van der Waals surface area contributed by atoms with E-state index in [0.717, 1.165) is 0 Å². The van der Waals surface area contributed by atoms with Gasteiger partial charge in [-0.1, -0.05) is 0 Å². The van der Waals surface area contributed by atoms with Gasteiger partial charge in [0.05, 0.1) is 6.10 Å². The van der Waals surface area contributed by atoms with Crippen LogP contribution in [-0.2, 0) is 0 Å². The van der Waals surface area contributed by atoms with Gasteiger partial charge in [-0.25, -0.2) is 0 Å². The van der Waals surface area contributed by atoms with Crippen molar-refractivity contribution in [2.75, 3.05) is 0 Å². The maximum atomic E-state index is 8.92. The zero-order valence-electron chi connectivity index (χ0n) is 4.68. The fourth-order valence-corrected chi connectivity index (χ4v) is 0.926. The van der Waals surface area contributed by atoms with Gasteiger partial charge in [-0.05, 0) is 13.8 Å². The van der Waals surface area contributed by atoms with Crippen LogP contribution in [0.25, 0.3) is 0 Å². The minimum absolute atomic E-state index is 0.111. The third-order valence-electron chi connectivity index (χ3n) is 1.55. The van der Waals surface area contributed by atoms with Crippen molar-refractivity contribution in [2.45, 2.75) is 32.0 Å². The molecule has 2 N–H and O–H groups in total. The van der Waals surface area contributed by atoms with Crippen LogP contribution in [0.1, 0.15) is 13.8 Å². The lowest BCUT2D eigenvalue weighted by Gasteiger charge is -2.38. The number of hydrogen-bond acceptors (Lipinski definition) is 2. The molecular weight excluding hydrogens is 90.1 g/mol. The third-order valence-corrected chi connectivity index (χ3v) is 1.55. The van der Waals surface area contributed by atoms with Crippen LogP contribution in [0, 0.1) is 0 Å². The van der Waals surface area contributed by atoms with Crippen LogP contribution in [0.15, 0.2) is 0 Å². The summed E-state index contributed by atoms with van der Waals surface area (Å²) in [7, 11) is 0. The van der Waals surface area contributed by atoms with E-state index in [9.17, 15) is 0 Å². The molecule has 2 atom stereocenters. The Morgan fingerprint density at radius 1 is 1.29 bits per heavy atom. The average molecular weight is 101 g/mol. The lowest BCUT2D eigenvalue weighted by Crippen LogP contribution is -2.62. The summed E-state index contributed by atoms with van der Waals surface area (Å²) < 4.78 is 0. The van der Waals surface area contributed by atoms with Crippen LogP contribution >= 0.6 is 0 Å². The Kier molecular flexibility index (Phi) is 1.05. The molecule has 7 heavy (non-hydrogen) atoms. The monoisotopic (exact) mass is 101 g/mol. The topological polar surface area (TPSA) is 32.3 Å². The first-order chi connectivity index (χ1) is 3.22. The van der Waals surface area contributed by atoms with Crippen LogP contribution in [0.5, 0.6) is 0 Å². The van der Waals surface area contributed by atoms with E-state index in [1.165, 1.54) is 0 Å². The Morgan fingerprint density at radius 3 is 1.71 bits per heavy atom. The fraction of sp³-hybridized carbons (Fsp3) is 1.00. The van der Waals surface area contributed by atoms with Crippen molar-refractivity contribution in [3.05, 3.63) is 0 Å². The maximum absolute atomic E-state index is 8.92. The van der Waals surface area contributed by atoms with E-state index in [-0.39, 0.29) is 6.10 Å². The van der Waals surface area contributed by atoms with E-state index in [4.69, 9.17) is 5.11 Å². The molecule has 0 saturated carbocycles. The minimum atomic E-state index is -0.111. The van der Waals surface area contributed by atoms with Gasteiger partial charge in [0, 0.05) is 12.1 Å². The van der Waals surface area contributed by atoms with Crippen molar-refractivity contribution >= 4 is 0 Å². The number of hydrogen-bond donors (Lipinski definition) is 2. The summed E-state index contributed by atoms with van der Waals surface area (Å²) in [6.07, 6.45) is -0.111. The van der Waals surface area contributed by atoms with Gasteiger partial charge in [0.25, 0.3) is 0 Å². The molecule has 0 aromatic carbocycles. The molecule has 2 nitrogen and oxygen atoms in total. The van der Waals surface area contributed by atoms with Gasteiger partial charge in [-0.15, -0.1) is 0 Å². The SMILES string of the molecule is CC1NC(C)C1O. The molecule has 1 heterocycles. The number of rotatable bonds is 0. The molecule has 0 spiro atoms. The molecule has 0 radical (unpaired) electrons. The summed E-state index contributed by atoms with van der Waals surface area (Å²) in [6.45, 7) is 3.95. The lowest BCUT2D eigenvalue weighted by molar-refractivity contribution is 0.0250. The molecule has 1 aliphatic heterocycles. The Bertz CT molecular complexity index is 66.5. The lowest BCUT2D eigenvalue weighted by atomic mass is 9.97. The zero-order chi connectivity index (χ0) is 5.44. The Morgan fingerprint density at radius 2 is 1.71 bits per heavy atom. The van der Waals surface area contributed by atoms with Crippen molar-refractivity contribution < 1.29 is 5.11 Å². The molecule has 0 aliphatic carbocycles. The summed E-state index contributed by atoms with van der Waals surface area (Å²) in [5.74, 6) is 0. The van der Waals surface area contributed by atoms with E-state index >= 15 is 0 Å². The highest BCUT2D eigenvalue weighted by atomic mass is 16.3. The van der Waals surface area contributed by atoms with E-state index in [1.54, 1.807) is 0 Å². The standard InChI is InChI=1S/C5H11NO/c1-3-5(7)4(2)6-3/h3-7H,1-2H3. The molecule has 2 heteroatoms. The molecule has 0 amide bonds. The first kappa shape index (κ1) is 5.06. The van der Waals surface area contributed by atoms with Gasteiger partial charge < -0.3 is 10.4 Å². The number of nitrogens with one attached hydrogen (secondary N) is 1. The molecule has 42 valence electrons. The highest BCUT2D eigenvalue weighted by Crippen LogP contribution is 2.09. The number of aliphatic hydroxyl groups is 1. The van der Waals surface area contributed by atoms with Gasteiger partial charge in [0.15, 0.2) is 0 Å². The smallest absolute Gasteiger partial charge is 0.0840 e. The van der Waals surface area contributed by atoms with E-state index in [2.05, 4.69) is 5.32 Å². The highest BCUT2D eigenvalue weighted by molar-refractivity contribution is 4.91. The Hall–Kier alpha value is -0.0800. The fourth-order valence-electron chi connectivity index (χ4n) is 0.926. The third kappa shape index (κ3) is 0.640. The van der Waals surface area contributed by atoms with Crippen molar-refractivity contribution in [3.63, 3.8) is 0 Å². The van der Waals surface area contributed by atoms with Crippen LogP contribution in [0.3, 0.4) is 0 Å². The largest absolute Gasteiger partial charge is 0.390 e. The predicted molar refractivity (Wildman–Crippen MR) is 28.1 cm³/mol. The number of aliphatic hydroxyl groups excluding tert-OH is 1. The molecule has 2 unspecified atom stereocenters. The van der Waals surface area contributed by atoms with Crippen LogP contribution in [-0.4, -0.2) is 23.3 Å². The molecule has 1 rings (SSSR count). The minimum Gasteiger partial charge on any atom is -0.390 e. The summed E-state index contributed by atoms with van der Waals surface area (Å²) in [6, 6.07) is 0.630. The van der Waals surface area contributed by atoms with Crippen molar-refractivity contribution in [1.82, 2.24) is 5.32 Å². The molecule has 0 bridgehead atoms. The Labute approximate surface area is 43.5 Å². The van der Waals surface area contributed by atoms with Crippen LogP contribution < -0.4 is 5.32 Å². The van der Waals surface area contributed by atoms with Crippen LogP contribution in [0.2, 0.25) is 0 Å². The second kappa shape index (κ2) is 1.46. The van der Waals surface area contributed by atoms with Crippen LogP contribution in [0.4, 0.5) is 0 Å². The summed E-state index contributed by atoms with van der Waals surface area (Å²) in [5.41, 5.74) is 0.